The molecule has 11 heteroatoms. The van der Waals surface area contributed by atoms with Gasteiger partial charge in [0, 0.05) is 5.39 Å². The highest BCUT2D eigenvalue weighted by Gasteiger charge is 2.75. The van der Waals surface area contributed by atoms with Gasteiger partial charge < -0.3 is 9.84 Å². The Bertz CT molecular complexity index is 909. The second-order valence-corrected chi connectivity index (χ2v) is 5.79. The minimum absolute atomic E-state index is 0.0253. The van der Waals surface area contributed by atoms with E-state index < -0.39 is 42.1 Å². The van der Waals surface area contributed by atoms with E-state index in [4.69, 9.17) is 0 Å². The molecule has 0 spiro atoms. The van der Waals surface area contributed by atoms with E-state index in [2.05, 4.69) is 9.47 Å². The van der Waals surface area contributed by atoms with Gasteiger partial charge in [-0.25, -0.2) is 4.74 Å². The molecule has 1 aliphatic rings. The van der Waals surface area contributed by atoms with Crippen LogP contribution in [0.15, 0.2) is 36.4 Å². The van der Waals surface area contributed by atoms with E-state index in [1.54, 1.807) is 6.07 Å². The van der Waals surface area contributed by atoms with E-state index in [0.717, 1.165) is 0 Å². The molecular weight excluding hydrogens is 389 g/mol. The van der Waals surface area contributed by atoms with Crippen LogP contribution in [0.1, 0.15) is 16.8 Å². The van der Waals surface area contributed by atoms with Crippen molar-refractivity contribution in [2.24, 2.45) is 0 Å². The lowest BCUT2D eigenvalue weighted by Gasteiger charge is -2.41. The Balaban J connectivity index is 2.10. The molecule has 0 bridgehead atoms. The number of ether oxygens (including phenoxy) is 2. The fourth-order valence-electron chi connectivity index (χ4n) is 2.70. The quantitative estimate of drug-likeness (QED) is 0.786. The van der Waals surface area contributed by atoms with Crippen molar-refractivity contribution in [1.29, 1.82) is 0 Å². The maximum Gasteiger partial charge on any atom is 0.527 e. The summed E-state index contributed by atoms with van der Waals surface area (Å²) in [7, 11) is 0. The minimum Gasteiger partial charge on any atom is -0.454 e. The van der Waals surface area contributed by atoms with Gasteiger partial charge >= 0.3 is 18.4 Å². The normalized spacial score (nSPS) is 21.1. The van der Waals surface area contributed by atoms with Crippen LogP contribution in [0, 0.1) is 0 Å². The number of ketones is 1. The second-order valence-electron chi connectivity index (χ2n) is 5.79. The topological polar surface area (TPSA) is 55.8 Å². The summed E-state index contributed by atoms with van der Waals surface area (Å²) in [6, 6.07) is 8.35. The third kappa shape index (κ3) is 3.10. The Morgan fingerprint density at radius 1 is 1.00 bits per heavy atom. The molecule has 146 valence electrons. The number of halogens is 7. The standard InChI is InChI=1S/C16H9F7O4/c17-14(18,15(19,20)27-16(21,22)23)13(25)7-11(24)10-6-5-8-3-1-2-4-9(8)12(10)26-13/h1-6,25H,7H2/t13-/m1/s1. The predicted molar refractivity (Wildman–Crippen MR) is 75.5 cm³/mol. The van der Waals surface area contributed by atoms with Crippen molar-refractivity contribution in [3.8, 4) is 5.75 Å². The van der Waals surface area contributed by atoms with Crippen molar-refractivity contribution in [3.63, 3.8) is 0 Å². The van der Waals surface area contributed by atoms with Gasteiger partial charge in [-0.05, 0) is 11.5 Å². The number of fused-ring (bicyclic) bond motifs is 3. The Hall–Kier alpha value is -2.40. The molecule has 0 radical (unpaired) electrons. The summed E-state index contributed by atoms with van der Waals surface area (Å²) in [6.45, 7) is 0. The first-order valence-electron chi connectivity index (χ1n) is 7.26. The minimum atomic E-state index is -6.21. The van der Waals surface area contributed by atoms with Crippen LogP contribution >= 0.6 is 0 Å². The SMILES string of the molecule is O=C1C[C@](O)(C(F)(F)C(F)(F)OC(F)(F)F)Oc2c1ccc1ccccc21. The van der Waals surface area contributed by atoms with E-state index in [1.807, 2.05) is 0 Å². The highest BCUT2D eigenvalue weighted by Crippen LogP contribution is 2.51. The van der Waals surface area contributed by atoms with E-state index in [1.165, 1.54) is 30.3 Å². The van der Waals surface area contributed by atoms with Crippen LogP contribution < -0.4 is 4.74 Å². The zero-order valence-electron chi connectivity index (χ0n) is 13.0. The molecule has 0 aromatic heterocycles. The van der Waals surface area contributed by atoms with Crippen LogP contribution in [0.5, 0.6) is 5.75 Å². The van der Waals surface area contributed by atoms with Gasteiger partial charge in [-0.3, -0.25) is 4.79 Å². The molecule has 0 saturated heterocycles. The lowest BCUT2D eigenvalue weighted by molar-refractivity contribution is -0.493. The zero-order valence-corrected chi connectivity index (χ0v) is 13.0. The molecule has 1 atom stereocenters. The van der Waals surface area contributed by atoms with Gasteiger partial charge in [-0.15, -0.1) is 13.2 Å². The fourth-order valence-corrected chi connectivity index (χ4v) is 2.70. The highest BCUT2D eigenvalue weighted by molar-refractivity contribution is 6.06. The van der Waals surface area contributed by atoms with Gasteiger partial charge in [0.25, 0.3) is 5.79 Å². The molecule has 1 N–H and O–H groups in total. The van der Waals surface area contributed by atoms with E-state index >= 15 is 0 Å². The lowest BCUT2D eigenvalue weighted by atomic mass is 9.91. The number of aliphatic hydroxyl groups is 1. The number of Topliss-reactive ketones (excluding diaryl/α,β-unsaturated/α-hetero) is 1. The Morgan fingerprint density at radius 2 is 1.63 bits per heavy atom. The van der Waals surface area contributed by atoms with Gasteiger partial charge in [0.2, 0.25) is 0 Å². The van der Waals surface area contributed by atoms with E-state index in [9.17, 15) is 40.6 Å². The van der Waals surface area contributed by atoms with Crippen molar-refractivity contribution in [3.05, 3.63) is 42.0 Å². The maximum atomic E-state index is 14.2. The molecule has 1 aliphatic heterocycles. The first-order valence-corrected chi connectivity index (χ1v) is 7.26. The summed E-state index contributed by atoms with van der Waals surface area (Å²) < 4.78 is 98.4. The number of carbonyl (C=O) groups excluding carboxylic acids is 1. The van der Waals surface area contributed by atoms with Crippen molar-refractivity contribution in [1.82, 2.24) is 0 Å². The Kier molecular flexibility index (Phi) is 4.16. The number of carbonyl (C=O) groups is 1. The van der Waals surface area contributed by atoms with Crippen LogP contribution in [-0.2, 0) is 4.74 Å². The van der Waals surface area contributed by atoms with Gasteiger partial charge in [0.15, 0.2) is 5.78 Å². The van der Waals surface area contributed by atoms with Crippen LogP contribution in [-0.4, -0.2) is 35.1 Å². The van der Waals surface area contributed by atoms with Gasteiger partial charge in [-0.2, -0.15) is 17.6 Å². The van der Waals surface area contributed by atoms with E-state index in [0.29, 0.717) is 5.39 Å². The molecule has 2 aromatic carbocycles. The van der Waals surface area contributed by atoms with Gasteiger partial charge in [0.05, 0.1) is 12.0 Å². The Morgan fingerprint density at radius 3 is 2.26 bits per heavy atom. The number of benzene rings is 2. The molecule has 0 saturated carbocycles. The van der Waals surface area contributed by atoms with Crippen molar-refractivity contribution < 1.29 is 50.1 Å². The smallest absolute Gasteiger partial charge is 0.454 e. The summed E-state index contributed by atoms with van der Waals surface area (Å²) in [6.07, 6.45) is -14.0. The molecular formula is C16H9F7O4. The molecule has 3 rings (SSSR count). The zero-order chi connectivity index (χ0) is 20.3. The lowest BCUT2D eigenvalue weighted by Crippen LogP contribution is -2.65. The predicted octanol–water partition coefficient (Wildman–Crippen LogP) is 4.26. The number of hydrogen-bond acceptors (Lipinski definition) is 4. The van der Waals surface area contributed by atoms with Gasteiger partial charge in [-0.1, -0.05) is 30.3 Å². The third-order valence-electron chi connectivity index (χ3n) is 3.95. The third-order valence-corrected chi connectivity index (χ3v) is 3.95. The summed E-state index contributed by atoms with van der Waals surface area (Å²) in [4.78, 5) is 12.1. The molecule has 0 amide bonds. The fraction of sp³-hybridized carbons (Fsp3) is 0.312. The largest absolute Gasteiger partial charge is 0.527 e. The van der Waals surface area contributed by atoms with Crippen molar-refractivity contribution >= 4 is 16.6 Å². The summed E-state index contributed by atoms with van der Waals surface area (Å²) in [5.74, 6) is -12.0. The molecule has 4 nitrogen and oxygen atoms in total. The first kappa shape index (κ1) is 19.4. The average Bonchev–Trinajstić information content (AvgIpc) is 2.52. The molecule has 0 unspecified atom stereocenters. The monoisotopic (exact) mass is 398 g/mol. The van der Waals surface area contributed by atoms with Gasteiger partial charge in [0.1, 0.15) is 5.75 Å². The molecule has 0 aliphatic carbocycles. The van der Waals surface area contributed by atoms with Crippen molar-refractivity contribution in [2.45, 2.75) is 30.6 Å². The number of hydrogen-bond donors (Lipinski definition) is 1. The first-order chi connectivity index (χ1) is 12.3. The van der Waals surface area contributed by atoms with Crippen LogP contribution in [0.2, 0.25) is 0 Å². The number of rotatable bonds is 3. The molecule has 1 heterocycles. The molecule has 27 heavy (non-hydrogen) atoms. The number of alkyl halides is 7. The van der Waals surface area contributed by atoms with E-state index in [-0.39, 0.29) is 10.9 Å². The average molecular weight is 398 g/mol. The maximum absolute atomic E-state index is 14.2. The van der Waals surface area contributed by atoms with Crippen molar-refractivity contribution in [2.75, 3.05) is 0 Å². The van der Waals surface area contributed by atoms with Crippen LogP contribution in [0.25, 0.3) is 10.8 Å². The van der Waals surface area contributed by atoms with Crippen LogP contribution in [0.3, 0.4) is 0 Å². The highest BCUT2D eigenvalue weighted by atomic mass is 19.4. The summed E-state index contributed by atoms with van der Waals surface area (Å²) >= 11 is 0. The summed E-state index contributed by atoms with van der Waals surface area (Å²) in [5.41, 5.74) is -0.283. The van der Waals surface area contributed by atoms with Crippen LogP contribution in [0.4, 0.5) is 30.7 Å². The Labute approximate surface area is 146 Å². The molecule has 0 fully saturated rings. The second kappa shape index (κ2) is 5.80. The summed E-state index contributed by atoms with van der Waals surface area (Å²) in [5, 5.41) is 10.4. The molecule has 2 aromatic rings.